The maximum Gasteiger partial charge on any atom is 0.104 e. The van der Waals surface area contributed by atoms with Gasteiger partial charge in [-0.1, -0.05) is 6.92 Å². The number of aliphatic hydroxyl groups excluding tert-OH is 2. The predicted octanol–water partition coefficient (Wildman–Crippen LogP) is -0.167. The molecule has 128 valence electrons. The van der Waals surface area contributed by atoms with Crippen LogP contribution in [0.25, 0.3) is 0 Å². The maximum atomic E-state index is 8.69. The van der Waals surface area contributed by atoms with E-state index < -0.39 is 0 Å². The first-order chi connectivity index (χ1) is 10.3. The summed E-state index contributed by atoms with van der Waals surface area (Å²) in [5.41, 5.74) is 0. The van der Waals surface area contributed by atoms with Crippen LogP contribution >= 0.6 is 0 Å². The fourth-order valence-electron chi connectivity index (χ4n) is 1.44. The summed E-state index contributed by atoms with van der Waals surface area (Å²) in [6.07, 6.45) is 0.787. The molecule has 0 saturated carbocycles. The van der Waals surface area contributed by atoms with Crippen LogP contribution in [0.4, 0.5) is 0 Å². The first-order valence-corrected chi connectivity index (χ1v) is 7.49. The van der Waals surface area contributed by atoms with Crippen molar-refractivity contribution in [2.45, 2.75) is 19.4 Å². The highest BCUT2D eigenvalue weighted by atomic mass is 16.6. The van der Waals surface area contributed by atoms with Gasteiger partial charge in [0.25, 0.3) is 0 Å². The van der Waals surface area contributed by atoms with Gasteiger partial charge in [0.05, 0.1) is 66.1 Å². The molecule has 7 heteroatoms. The Hall–Kier alpha value is -0.280. The van der Waals surface area contributed by atoms with Crippen molar-refractivity contribution in [3.05, 3.63) is 0 Å². The van der Waals surface area contributed by atoms with Gasteiger partial charge in [0.15, 0.2) is 0 Å². The fraction of sp³-hybridized carbons (Fsp3) is 1.00. The summed E-state index contributed by atoms with van der Waals surface area (Å²) in [7, 11) is 0. The zero-order valence-electron chi connectivity index (χ0n) is 13.0. The van der Waals surface area contributed by atoms with E-state index in [1.165, 1.54) is 0 Å². The summed E-state index contributed by atoms with van der Waals surface area (Å²) in [5.74, 6) is 0. The third-order valence-electron chi connectivity index (χ3n) is 2.38. The van der Waals surface area contributed by atoms with Crippen LogP contribution in [0.3, 0.4) is 0 Å². The van der Waals surface area contributed by atoms with Gasteiger partial charge in [-0.15, -0.1) is 0 Å². The Morgan fingerprint density at radius 3 is 1.86 bits per heavy atom. The van der Waals surface area contributed by atoms with Gasteiger partial charge < -0.3 is 33.9 Å². The summed E-state index contributed by atoms with van der Waals surface area (Å²) in [6.45, 7) is 6.03. The monoisotopic (exact) mass is 310 g/mol. The molecule has 0 fully saturated rings. The molecule has 0 radical (unpaired) electrons. The highest BCUT2D eigenvalue weighted by Crippen LogP contribution is 1.96. The van der Waals surface area contributed by atoms with Crippen LogP contribution in [-0.4, -0.2) is 89.0 Å². The lowest BCUT2D eigenvalue weighted by molar-refractivity contribution is -0.0819. The Morgan fingerprint density at radius 2 is 1.19 bits per heavy atom. The van der Waals surface area contributed by atoms with E-state index in [2.05, 4.69) is 6.92 Å². The van der Waals surface area contributed by atoms with Crippen LogP contribution in [0, 0.1) is 0 Å². The van der Waals surface area contributed by atoms with Gasteiger partial charge in [0, 0.05) is 6.61 Å². The van der Waals surface area contributed by atoms with E-state index >= 15 is 0 Å². The van der Waals surface area contributed by atoms with Gasteiger partial charge >= 0.3 is 0 Å². The van der Waals surface area contributed by atoms with Crippen molar-refractivity contribution in [1.82, 2.24) is 0 Å². The molecule has 0 aliphatic heterocycles. The number of hydrogen-bond donors (Lipinski definition) is 2. The molecule has 1 unspecified atom stereocenters. The molecule has 0 saturated heterocycles. The Bertz CT molecular complexity index is 192. The van der Waals surface area contributed by atoms with E-state index in [1.54, 1.807) is 0 Å². The average Bonchev–Trinajstić information content (AvgIpc) is 2.50. The van der Waals surface area contributed by atoms with Crippen LogP contribution in [0.1, 0.15) is 13.3 Å². The van der Waals surface area contributed by atoms with Crippen LogP contribution in [0.5, 0.6) is 0 Å². The largest absolute Gasteiger partial charge is 0.394 e. The molecule has 0 aliphatic rings. The Morgan fingerprint density at radius 1 is 0.667 bits per heavy atom. The van der Waals surface area contributed by atoms with Crippen LogP contribution in [0.2, 0.25) is 0 Å². The average molecular weight is 310 g/mol. The van der Waals surface area contributed by atoms with Crippen molar-refractivity contribution in [2.24, 2.45) is 0 Å². The minimum atomic E-state index is -0.208. The highest BCUT2D eigenvalue weighted by Gasteiger charge is 2.10. The van der Waals surface area contributed by atoms with Crippen molar-refractivity contribution in [1.29, 1.82) is 0 Å². The Balaban J connectivity index is 3.64. The molecule has 0 heterocycles. The number of aliphatic hydroxyl groups is 2. The van der Waals surface area contributed by atoms with Crippen LogP contribution < -0.4 is 0 Å². The predicted molar refractivity (Wildman–Crippen MR) is 77.5 cm³/mol. The standard InChI is InChI=1S/C14H30O7/c1-2-5-17-8-9-20-13-14(12-19-7-4-16)21-11-10-18-6-3-15/h14-16H,2-13H2,1H3. The molecule has 0 amide bonds. The van der Waals surface area contributed by atoms with Gasteiger partial charge in [-0.2, -0.15) is 0 Å². The fourth-order valence-corrected chi connectivity index (χ4v) is 1.44. The molecule has 0 aliphatic carbocycles. The van der Waals surface area contributed by atoms with Crippen molar-refractivity contribution < 1.29 is 33.9 Å². The molecule has 21 heavy (non-hydrogen) atoms. The summed E-state index contributed by atoms with van der Waals surface area (Å²) in [6, 6.07) is 0. The zero-order chi connectivity index (χ0) is 15.6. The second-order valence-corrected chi connectivity index (χ2v) is 4.31. The lowest BCUT2D eigenvalue weighted by Crippen LogP contribution is -2.28. The summed E-state index contributed by atoms with van der Waals surface area (Å²) in [4.78, 5) is 0. The Labute approximate surface area is 127 Å². The van der Waals surface area contributed by atoms with Gasteiger partial charge in [-0.05, 0) is 6.42 Å². The zero-order valence-corrected chi connectivity index (χ0v) is 13.0. The first-order valence-electron chi connectivity index (χ1n) is 7.49. The molecule has 1 atom stereocenters. The SMILES string of the molecule is CCCOCCOCC(COCCO)OCCOCCO. The van der Waals surface area contributed by atoms with Gasteiger partial charge in [0.2, 0.25) is 0 Å². The van der Waals surface area contributed by atoms with Gasteiger partial charge in [0.1, 0.15) is 6.10 Å². The molecular formula is C14H30O7. The quantitative estimate of drug-likeness (QED) is 0.361. The number of rotatable bonds is 17. The third kappa shape index (κ3) is 15.9. The minimum absolute atomic E-state index is 0.00388. The first kappa shape index (κ1) is 20.7. The summed E-state index contributed by atoms with van der Waals surface area (Å²) >= 11 is 0. The summed E-state index contributed by atoms with van der Waals surface area (Å²) < 4.78 is 26.7. The van der Waals surface area contributed by atoms with E-state index in [1.807, 2.05) is 0 Å². The van der Waals surface area contributed by atoms with E-state index in [4.69, 9.17) is 33.9 Å². The third-order valence-corrected chi connectivity index (χ3v) is 2.38. The Kier molecular flexibility index (Phi) is 17.5. The molecule has 0 rings (SSSR count). The molecule has 0 bridgehead atoms. The van der Waals surface area contributed by atoms with Crippen molar-refractivity contribution in [3.63, 3.8) is 0 Å². The molecule has 0 spiro atoms. The van der Waals surface area contributed by atoms with E-state index in [0.29, 0.717) is 46.2 Å². The van der Waals surface area contributed by atoms with E-state index in [-0.39, 0.29) is 25.9 Å². The normalized spacial score (nSPS) is 12.7. The van der Waals surface area contributed by atoms with Crippen LogP contribution in [0.15, 0.2) is 0 Å². The highest BCUT2D eigenvalue weighted by molar-refractivity contribution is 4.56. The topological polar surface area (TPSA) is 86.6 Å². The van der Waals surface area contributed by atoms with Crippen molar-refractivity contribution in [2.75, 3.05) is 72.7 Å². The molecule has 7 nitrogen and oxygen atoms in total. The van der Waals surface area contributed by atoms with E-state index in [9.17, 15) is 0 Å². The molecular weight excluding hydrogens is 280 g/mol. The second kappa shape index (κ2) is 17.8. The summed E-state index contributed by atoms with van der Waals surface area (Å²) in [5, 5.41) is 17.3. The smallest absolute Gasteiger partial charge is 0.104 e. The van der Waals surface area contributed by atoms with E-state index in [0.717, 1.165) is 13.0 Å². The lowest BCUT2D eigenvalue weighted by atomic mass is 10.4. The van der Waals surface area contributed by atoms with Crippen molar-refractivity contribution in [3.8, 4) is 0 Å². The molecule has 0 aromatic rings. The molecule has 0 aromatic carbocycles. The second-order valence-electron chi connectivity index (χ2n) is 4.31. The number of ether oxygens (including phenoxy) is 5. The van der Waals surface area contributed by atoms with Crippen molar-refractivity contribution >= 4 is 0 Å². The molecule has 0 aromatic heterocycles. The van der Waals surface area contributed by atoms with Gasteiger partial charge in [-0.3, -0.25) is 0 Å². The van der Waals surface area contributed by atoms with Crippen LogP contribution in [-0.2, 0) is 23.7 Å². The molecule has 2 N–H and O–H groups in total. The lowest BCUT2D eigenvalue weighted by Gasteiger charge is -2.18. The minimum Gasteiger partial charge on any atom is -0.394 e. The maximum absolute atomic E-state index is 8.69. The van der Waals surface area contributed by atoms with Gasteiger partial charge in [-0.25, -0.2) is 0 Å². The number of hydrogen-bond acceptors (Lipinski definition) is 7.